The van der Waals surface area contributed by atoms with Gasteiger partial charge < -0.3 is 20.3 Å². The third-order valence-electron chi connectivity index (χ3n) is 3.59. The van der Waals surface area contributed by atoms with Gasteiger partial charge in [-0.15, -0.1) is 0 Å². The zero-order chi connectivity index (χ0) is 13.6. The minimum absolute atomic E-state index is 0.274. The van der Waals surface area contributed by atoms with Gasteiger partial charge in [0.05, 0.1) is 17.7 Å². The average Bonchev–Trinajstić information content (AvgIpc) is 3.02. The van der Waals surface area contributed by atoms with E-state index in [2.05, 4.69) is 15.9 Å². The SMILES string of the molecule is NC(Cc1c2c(c(Br)c3c1OCC3)OCC2)C(=O)O. The summed E-state index contributed by atoms with van der Waals surface area (Å²) in [4.78, 5) is 11.0. The van der Waals surface area contributed by atoms with E-state index in [4.69, 9.17) is 20.3 Å². The fourth-order valence-corrected chi connectivity index (χ4v) is 3.40. The highest BCUT2D eigenvalue weighted by Crippen LogP contribution is 2.47. The molecule has 19 heavy (non-hydrogen) atoms. The molecule has 6 heteroatoms. The van der Waals surface area contributed by atoms with Crippen molar-refractivity contribution in [2.75, 3.05) is 13.2 Å². The summed E-state index contributed by atoms with van der Waals surface area (Å²) in [6, 6.07) is -0.917. The van der Waals surface area contributed by atoms with Crippen molar-refractivity contribution in [1.82, 2.24) is 0 Å². The summed E-state index contributed by atoms with van der Waals surface area (Å²) in [6.07, 6.45) is 1.85. The highest BCUT2D eigenvalue weighted by atomic mass is 79.9. The van der Waals surface area contributed by atoms with Crippen LogP contribution in [-0.4, -0.2) is 30.3 Å². The van der Waals surface area contributed by atoms with E-state index in [1.807, 2.05) is 0 Å². The van der Waals surface area contributed by atoms with Crippen molar-refractivity contribution >= 4 is 21.9 Å². The van der Waals surface area contributed by atoms with Crippen LogP contribution in [0.3, 0.4) is 0 Å². The molecule has 0 aromatic heterocycles. The van der Waals surface area contributed by atoms with Gasteiger partial charge in [-0.2, -0.15) is 0 Å². The molecule has 3 N–H and O–H groups in total. The normalized spacial score (nSPS) is 17.4. The van der Waals surface area contributed by atoms with Crippen LogP contribution < -0.4 is 15.2 Å². The predicted molar refractivity (Wildman–Crippen MR) is 71.9 cm³/mol. The van der Waals surface area contributed by atoms with Crippen molar-refractivity contribution in [2.24, 2.45) is 5.73 Å². The van der Waals surface area contributed by atoms with Crippen molar-refractivity contribution < 1.29 is 19.4 Å². The van der Waals surface area contributed by atoms with Gasteiger partial charge in [-0.25, -0.2) is 0 Å². The number of carboxylic acid groups (broad SMARTS) is 1. The maximum atomic E-state index is 11.0. The third kappa shape index (κ3) is 1.99. The number of nitrogens with two attached hydrogens (primary N) is 1. The summed E-state index contributed by atoms with van der Waals surface area (Å²) in [6.45, 7) is 1.23. The van der Waals surface area contributed by atoms with Gasteiger partial charge >= 0.3 is 5.97 Å². The number of carboxylic acids is 1. The van der Waals surface area contributed by atoms with Crippen LogP contribution in [0, 0.1) is 0 Å². The minimum atomic E-state index is -0.998. The maximum Gasteiger partial charge on any atom is 0.320 e. The van der Waals surface area contributed by atoms with E-state index in [9.17, 15) is 4.79 Å². The number of rotatable bonds is 3. The number of hydrogen-bond donors (Lipinski definition) is 2. The summed E-state index contributed by atoms with van der Waals surface area (Å²) in [5.74, 6) is 0.631. The van der Waals surface area contributed by atoms with Gasteiger partial charge in [0.1, 0.15) is 17.5 Å². The van der Waals surface area contributed by atoms with Crippen molar-refractivity contribution in [3.8, 4) is 11.5 Å². The molecule has 0 saturated heterocycles. The first-order valence-electron chi connectivity index (χ1n) is 6.19. The van der Waals surface area contributed by atoms with Gasteiger partial charge in [-0.1, -0.05) is 0 Å². The Kier molecular flexibility index (Phi) is 3.14. The second kappa shape index (κ2) is 4.68. The molecule has 0 aliphatic carbocycles. The Labute approximate surface area is 118 Å². The molecule has 102 valence electrons. The van der Waals surface area contributed by atoms with E-state index in [0.717, 1.165) is 45.5 Å². The average molecular weight is 328 g/mol. The molecular formula is C13H14BrNO4. The molecule has 2 heterocycles. The quantitative estimate of drug-likeness (QED) is 0.873. The van der Waals surface area contributed by atoms with Crippen LogP contribution in [0.1, 0.15) is 16.7 Å². The molecule has 0 bridgehead atoms. The molecule has 0 fully saturated rings. The molecule has 2 aliphatic rings. The lowest BCUT2D eigenvalue weighted by molar-refractivity contribution is -0.138. The highest BCUT2D eigenvalue weighted by molar-refractivity contribution is 9.10. The van der Waals surface area contributed by atoms with E-state index in [0.29, 0.717) is 13.2 Å². The van der Waals surface area contributed by atoms with Crippen LogP contribution >= 0.6 is 15.9 Å². The standard InChI is InChI=1S/C13H14BrNO4/c14-10-7-2-4-18-11(7)8(5-9(15)13(16)17)6-1-3-19-12(6)10/h9H,1-5,15H2,(H,16,17). The van der Waals surface area contributed by atoms with Gasteiger partial charge in [0.15, 0.2) is 0 Å². The van der Waals surface area contributed by atoms with Crippen LogP contribution in [0.2, 0.25) is 0 Å². The second-order valence-corrected chi connectivity index (χ2v) is 5.55. The molecular weight excluding hydrogens is 314 g/mol. The fourth-order valence-electron chi connectivity index (χ4n) is 2.67. The first-order valence-corrected chi connectivity index (χ1v) is 6.99. The Hall–Kier alpha value is -1.27. The number of carbonyl (C=O) groups is 1. The van der Waals surface area contributed by atoms with Crippen LogP contribution in [0.5, 0.6) is 11.5 Å². The summed E-state index contributed by atoms with van der Waals surface area (Å²) >= 11 is 3.56. The Balaban J connectivity index is 2.11. The lowest BCUT2D eigenvalue weighted by atomic mass is 9.95. The van der Waals surface area contributed by atoms with E-state index >= 15 is 0 Å². The molecule has 0 amide bonds. The Morgan fingerprint density at radius 2 is 1.89 bits per heavy atom. The van der Waals surface area contributed by atoms with Crippen LogP contribution in [0.4, 0.5) is 0 Å². The summed E-state index contributed by atoms with van der Waals surface area (Å²) < 4.78 is 12.3. The van der Waals surface area contributed by atoms with E-state index < -0.39 is 12.0 Å². The Morgan fingerprint density at radius 1 is 1.26 bits per heavy atom. The van der Waals surface area contributed by atoms with Crippen molar-refractivity contribution in [3.05, 3.63) is 21.2 Å². The Bertz CT molecular complexity index is 523. The summed E-state index contributed by atoms with van der Waals surface area (Å²) in [5, 5.41) is 8.99. The lowest BCUT2D eigenvalue weighted by Gasteiger charge is -2.16. The first kappa shape index (κ1) is 12.7. The van der Waals surface area contributed by atoms with Crippen LogP contribution in [0.25, 0.3) is 0 Å². The zero-order valence-corrected chi connectivity index (χ0v) is 11.8. The topological polar surface area (TPSA) is 81.8 Å². The molecule has 2 aliphatic heterocycles. The number of halogens is 1. The number of aliphatic carboxylic acids is 1. The third-order valence-corrected chi connectivity index (χ3v) is 4.43. The maximum absolute atomic E-state index is 11.0. The van der Waals surface area contributed by atoms with Gasteiger partial charge in [0.2, 0.25) is 0 Å². The molecule has 0 saturated carbocycles. The molecule has 5 nitrogen and oxygen atoms in total. The smallest absolute Gasteiger partial charge is 0.320 e. The lowest BCUT2D eigenvalue weighted by Crippen LogP contribution is -2.32. The molecule has 0 radical (unpaired) electrons. The van der Waals surface area contributed by atoms with Gasteiger partial charge in [0, 0.05) is 36.0 Å². The molecule has 1 aromatic rings. The number of benzene rings is 1. The van der Waals surface area contributed by atoms with Crippen LogP contribution in [-0.2, 0) is 24.1 Å². The largest absolute Gasteiger partial charge is 0.493 e. The number of fused-ring (bicyclic) bond motifs is 2. The summed E-state index contributed by atoms with van der Waals surface area (Å²) in [7, 11) is 0. The number of hydrogen-bond acceptors (Lipinski definition) is 4. The number of ether oxygens (including phenoxy) is 2. The fraction of sp³-hybridized carbons (Fsp3) is 0.462. The molecule has 1 atom stereocenters. The zero-order valence-electron chi connectivity index (χ0n) is 10.2. The summed E-state index contributed by atoms with van der Waals surface area (Å²) in [5.41, 5.74) is 8.66. The predicted octanol–water partition coefficient (Wildman–Crippen LogP) is 1.27. The minimum Gasteiger partial charge on any atom is -0.493 e. The van der Waals surface area contributed by atoms with Crippen LogP contribution in [0.15, 0.2) is 4.47 Å². The highest BCUT2D eigenvalue weighted by Gasteiger charge is 2.31. The van der Waals surface area contributed by atoms with Crippen molar-refractivity contribution in [1.29, 1.82) is 0 Å². The monoisotopic (exact) mass is 327 g/mol. The van der Waals surface area contributed by atoms with E-state index in [-0.39, 0.29) is 6.42 Å². The van der Waals surface area contributed by atoms with Gasteiger partial charge in [-0.3, -0.25) is 4.79 Å². The first-order chi connectivity index (χ1) is 9.09. The molecule has 0 spiro atoms. The molecule has 1 aromatic carbocycles. The van der Waals surface area contributed by atoms with E-state index in [1.165, 1.54) is 0 Å². The molecule has 1 unspecified atom stereocenters. The molecule has 3 rings (SSSR count). The van der Waals surface area contributed by atoms with Crippen molar-refractivity contribution in [2.45, 2.75) is 25.3 Å². The van der Waals surface area contributed by atoms with Gasteiger partial charge in [0.25, 0.3) is 0 Å². The van der Waals surface area contributed by atoms with E-state index in [1.54, 1.807) is 0 Å². The van der Waals surface area contributed by atoms with Crippen molar-refractivity contribution in [3.63, 3.8) is 0 Å². The van der Waals surface area contributed by atoms with Gasteiger partial charge in [-0.05, 0) is 15.9 Å². The second-order valence-electron chi connectivity index (χ2n) is 4.75. The Morgan fingerprint density at radius 3 is 2.58 bits per heavy atom.